The molecule has 1 saturated heterocycles. The number of fused-ring (bicyclic) bond motifs is 3. The number of hydrogen-bond acceptors (Lipinski definition) is 6. The molecule has 4 unspecified atom stereocenters. The molecule has 7 heteroatoms. The second-order valence-electron chi connectivity index (χ2n) is 7.21. The summed E-state index contributed by atoms with van der Waals surface area (Å²) in [6.07, 6.45) is 1.04. The van der Waals surface area contributed by atoms with E-state index in [1.54, 1.807) is 11.8 Å². The molecule has 142 valence electrons. The van der Waals surface area contributed by atoms with Gasteiger partial charge < -0.3 is 10.6 Å². The van der Waals surface area contributed by atoms with Crippen LogP contribution in [-0.4, -0.2) is 30.4 Å². The van der Waals surface area contributed by atoms with Crippen LogP contribution in [0.5, 0.6) is 0 Å². The molecule has 1 aliphatic carbocycles. The molecule has 0 radical (unpaired) electrons. The third-order valence-corrected chi connectivity index (χ3v) is 6.46. The van der Waals surface area contributed by atoms with Crippen LogP contribution in [0.4, 0.5) is 0 Å². The van der Waals surface area contributed by atoms with Gasteiger partial charge >= 0.3 is 0 Å². The second-order valence-corrected chi connectivity index (χ2v) is 8.09. The number of benzene rings is 2. The minimum Gasteiger partial charge on any atom is -0.368 e. The van der Waals surface area contributed by atoms with E-state index in [2.05, 4.69) is 16.0 Å². The van der Waals surface area contributed by atoms with Gasteiger partial charge in [-0.2, -0.15) is 0 Å². The Hall–Kier alpha value is -2.61. The molecule has 2 aromatic carbocycles. The lowest BCUT2D eigenvalue weighted by molar-refractivity contribution is -0.130. The van der Waals surface area contributed by atoms with Crippen LogP contribution >= 0.6 is 11.8 Å². The summed E-state index contributed by atoms with van der Waals surface area (Å²) in [6, 6.07) is 15.7. The lowest BCUT2D eigenvalue weighted by Gasteiger charge is -2.44. The Kier molecular flexibility index (Phi) is 4.04. The zero-order valence-corrected chi connectivity index (χ0v) is 16.0. The number of Topliss-reactive ketones (excluding diaryl/α,β-unsaturated/α-hetero) is 1. The molecule has 0 bridgehead atoms. The first kappa shape index (κ1) is 17.5. The van der Waals surface area contributed by atoms with Gasteiger partial charge in [0, 0.05) is 27.5 Å². The summed E-state index contributed by atoms with van der Waals surface area (Å²) < 4.78 is 0. The summed E-state index contributed by atoms with van der Waals surface area (Å²) in [6.45, 7) is 0. The number of nitrogens with two attached hydrogens (primary N) is 1. The quantitative estimate of drug-likeness (QED) is 0.580. The Morgan fingerprint density at radius 1 is 0.964 bits per heavy atom. The lowest BCUT2D eigenvalue weighted by Crippen LogP contribution is -2.70. The Labute approximate surface area is 167 Å². The maximum absolute atomic E-state index is 13.3. The lowest BCUT2D eigenvalue weighted by atomic mass is 9.74. The van der Waals surface area contributed by atoms with Gasteiger partial charge in [0.15, 0.2) is 5.78 Å². The summed E-state index contributed by atoms with van der Waals surface area (Å²) in [5.41, 5.74) is 9.92. The van der Waals surface area contributed by atoms with Gasteiger partial charge in [0.05, 0.1) is 17.8 Å². The van der Waals surface area contributed by atoms with Crippen LogP contribution in [0.3, 0.4) is 0 Å². The van der Waals surface area contributed by atoms with Gasteiger partial charge in [-0.25, -0.2) is 0 Å². The highest BCUT2D eigenvalue weighted by molar-refractivity contribution is 7.98. The standard InChI is InChI=1S/C21H20N4O2S/c1-28-11-8-6-10(7-9-11)14-15-17(12-4-2-3-5-13(12)18(15)26)23-19-16(14)20(27)25-21(22)24-19/h2-9,14,16,19,21,23-24H,22H2,1H3,(H,25,27). The minimum atomic E-state index is -0.629. The molecule has 5 N–H and O–H groups in total. The van der Waals surface area contributed by atoms with Gasteiger partial charge in [-0.1, -0.05) is 36.4 Å². The fraction of sp³-hybridized carbons (Fsp3) is 0.238. The van der Waals surface area contributed by atoms with Crippen LogP contribution in [-0.2, 0) is 4.79 Å². The van der Waals surface area contributed by atoms with Crippen molar-refractivity contribution >= 4 is 29.1 Å². The van der Waals surface area contributed by atoms with Crippen molar-refractivity contribution in [2.24, 2.45) is 11.7 Å². The summed E-state index contributed by atoms with van der Waals surface area (Å²) in [4.78, 5) is 27.3. The number of thioether (sulfide) groups is 1. The van der Waals surface area contributed by atoms with Crippen LogP contribution in [0.15, 0.2) is 59.0 Å². The molecule has 1 fully saturated rings. The summed E-state index contributed by atoms with van der Waals surface area (Å²) >= 11 is 1.66. The highest BCUT2D eigenvalue weighted by atomic mass is 32.2. The largest absolute Gasteiger partial charge is 0.368 e. The Bertz CT molecular complexity index is 1020. The highest BCUT2D eigenvalue weighted by Gasteiger charge is 2.50. The summed E-state index contributed by atoms with van der Waals surface area (Å²) in [5.74, 6) is -0.995. The first-order valence-electron chi connectivity index (χ1n) is 9.19. The molecule has 4 atom stereocenters. The summed E-state index contributed by atoms with van der Waals surface area (Å²) in [5, 5.41) is 9.37. The van der Waals surface area contributed by atoms with Crippen molar-refractivity contribution in [3.63, 3.8) is 0 Å². The van der Waals surface area contributed by atoms with Crippen LogP contribution in [0, 0.1) is 5.92 Å². The maximum atomic E-state index is 13.3. The first-order valence-corrected chi connectivity index (χ1v) is 10.4. The number of carbonyl (C=O) groups excluding carboxylic acids is 2. The van der Waals surface area contributed by atoms with E-state index in [1.165, 1.54) is 0 Å². The van der Waals surface area contributed by atoms with E-state index in [1.807, 2.05) is 54.8 Å². The van der Waals surface area contributed by atoms with Gasteiger partial charge in [-0.3, -0.25) is 20.6 Å². The van der Waals surface area contributed by atoms with E-state index in [0.29, 0.717) is 11.1 Å². The fourth-order valence-electron chi connectivity index (χ4n) is 4.49. The molecule has 0 aromatic heterocycles. The third kappa shape index (κ3) is 2.51. The molecule has 1 amide bonds. The number of hydrogen-bond donors (Lipinski definition) is 4. The molecule has 2 aromatic rings. The van der Waals surface area contributed by atoms with Crippen LogP contribution in [0.25, 0.3) is 5.70 Å². The maximum Gasteiger partial charge on any atom is 0.229 e. The molecule has 3 aliphatic rings. The Balaban J connectivity index is 1.69. The number of allylic oxidation sites excluding steroid dienone is 1. The molecular weight excluding hydrogens is 372 g/mol. The van der Waals surface area contributed by atoms with Crippen molar-refractivity contribution < 1.29 is 9.59 Å². The summed E-state index contributed by atoms with van der Waals surface area (Å²) in [7, 11) is 0. The van der Waals surface area contributed by atoms with Gasteiger partial charge in [0.25, 0.3) is 0 Å². The Morgan fingerprint density at radius 2 is 1.68 bits per heavy atom. The smallest absolute Gasteiger partial charge is 0.229 e. The van der Waals surface area contributed by atoms with E-state index >= 15 is 0 Å². The molecule has 0 saturated carbocycles. The number of rotatable bonds is 2. The second kappa shape index (κ2) is 6.48. The van der Waals surface area contributed by atoms with Crippen molar-refractivity contribution in [1.82, 2.24) is 16.0 Å². The molecule has 6 nitrogen and oxygen atoms in total. The van der Waals surface area contributed by atoms with Crippen LogP contribution in [0.1, 0.15) is 27.4 Å². The minimum absolute atomic E-state index is 0.0156. The fourth-order valence-corrected chi connectivity index (χ4v) is 4.90. The van der Waals surface area contributed by atoms with Crippen molar-refractivity contribution in [3.8, 4) is 0 Å². The van der Waals surface area contributed by atoms with E-state index in [-0.39, 0.29) is 23.8 Å². The first-order chi connectivity index (χ1) is 13.6. The molecule has 5 rings (SSSR count). The van der Waals surface area contributed by atoms with Crippen molar-refractivity contribution in [2.45, 2.75) is 23.3 Å². The van der Waals surface area contributed by atoms with E-state index in [0.717, 1.165) is 21.7 Å². The van der Waals surface area contributed by atoms with Gasteiger partial charge in [0.1, 0.15) is 6.29 Å². The molecule has 2 aliphatic heterocycles. The number of amides is 1. The third-order valence-electron chi connectivity index (χ3n) is 5.72. The van der Waals surface area contributed by atoms with Crippen molar-refractivity contribution in [1.29, 1.82) is 0 Å². The van der Waals surface area contributed by atoms with E-state index in [4.69, 9.17) is 5.73 Å². The number of carbonyl (C=O) groups is 2. The number of ketones is 1. The van der Waals surface area contributed by atoms with E-state index in [9.17, 15) is 9.59 Å². The zero-order chi connectivity index (χ0) is 19.4. The topological polar surface area (TPSA) is 96.2 Å². The van der Waals surface area contributed by atoms with Crippen molar-refractivity contribution in [2.75, 3.05) is 6.26 Å². The molecule has 2 heterocycles. The SMILES string of the molecule is CSc1ccc(C2C3=C(NC4NC(N)NC(=O)C42)c2ccccc2C3=O)cc1. The molecule has 0 spiro atoms. The predicted molar refractivity (Wildman–Crippen MR) is 108 cm³/mol. The van der Waals surface area contributed by atoms with Crippen molar-refractivity contribution in [3.05, 3.63) is 70.8 Å². The Morgan fingerprint density at radius 3 is 2.39 bits per heavy atom. The highest BCUT2D eigenvalue weighted by Crippen LogP contribution is 2.47. The van der Waals surface area contributed by atoms with Crippen LogP contribution < -0.4 is 21.7 Å². The average molecular weight is 392 g/mol. The molecular formula is C21H20N4O2S. The normalized spacial score (nSPS) is 28.2. The monoisotopic (exact) mass is 392 g/mol. The predicted octanol–water partition coefficient (Wildman–Crippen LogP) is 1.61. The zero-order valence-electron chi connectivity index (χ0n) is 15.2. The van der Waals surface area contributed by atoms with Gasteiger partial charge in [-0.15, -0.1) is 11.8 Å². The van der Waals surface area contributed by atoms with Gasteiger partial charge in [0.2, 0.25) is 5.91 Å². The van der Waals surface area contributed by atoms with Crippen LogP contribution in [0.2, 0.25) is 0 Å². The van der Waals surface area contributed by atoms with Gasteiger partial charge in [-0.05, 0) is 24.0 Å². The van der Waals surface area contributed by atoms with E-state index < -0.39 is 12.2 Å². The molecule has 28 heavy (non-hydrogen) atoms. The average Bonchev–Trinajstić information content (AvgIpc) is 2.99. The number of nitrogens with one attached hydrogen (secondary N) is 3.